The van der Waals surface area contributed by atoms with E-state index in [1.165, 1.54) is 5.56 Å². The van der Waals surface area contributed by atoms with Gasteiger partial charge in [0.1, 0.15) is 0 Å². The van der Waals surface area contributed by atoms with E-state index in [2.05, 4.69) is 13.8 Å². The topological polar surface area (TPSA) is 17.1 Å². The monoisotopic (exact) mass is 298 g/mol. The summed E-state index contributed by atoms with van der Waals surface area (Å²) in [5, 5.41) is 0.756. The maximum absolute atomic E-state index is 11.6. The third kappa shape index (κ3) is 4.08. The summed E-state index contributed by atoms with van der Waals surface area (Å²) < 4.78 is 1.14. The lowest BCUT2D eigenvalue weighted by Gasteiger charge is -2.27. The second-order valence-electron chi connectivity index (χ2n) is 4.88. The van der Waals surface area contributed by atoms with Crippen molar-refractivity contribution in [3.63, 3.8) is 0 Å². The molecule has 0 atom stereocenters. The van der Waals surface area contributed by atoms with Gasteiger partial charge in [-0.2, -0.15) is 0 Å². The van der Waals surface area contributed by atoms with Crippen LogP contribution in [0, 0.1) is 0 Å². The van der Waals surface area contributed by atoms with Crippen LogP contribution in [0.1, 0.15) is 25.8 Å². The molecule has 2 rings (SSSR count). The smallest absolute Gasteiger partial charge is 0.158 e. The van der Waals surface area contributed by atoms with Gasteiger partial charge < -0.3 is 0 Å². The van der Waals surface area contributed by atoms with Crippen molar-refractivity contribution in [3.8, 4) is 0 Å². The van der Waals surface area contributed by atoms with Crippen LogP contribution in [0.25, 0.3) is 0 Å². The predicted octanol–water partition coefficient (Wildman–Crippen LogP) is 4.90. The first-order chi connectivity index (χ1) is 8.44. The fourth-order valence-corrected chi connectivity index (χ4v) is 4.63. The molecule has 18 heavy (non-hydrogen) atoms. The average Bonchev–Trinajstić information content (AvgIpc) is 2.25. The zero-order valence-electron chi connectivity index (χ0n) is 10.4. The number of rotatable bonds is 3. The van der Waals surface area contributed by atoms with Crippen LogP contribution < -0.4 is 0 Å². The largest absolute Gasteiger partial charge is 0.295 e. The van der Waals surface area contributed by atoms with Crippen molar-refractivity contribution < 1.29 is 4.79 Å². The molecule has 0 fully saturated rings. The number of hydrogen-bond donors (Lipinski definition) is 0. The minimum atomic E-state index is 0.0220. The molecule has 0 spiro atoms. The predicted molar refractivity (Wildman–Crippen MR) is 82.1 cm³/mol. The van der Waals surface area contributed by atoms with Crippen molar-refractivity contribution in [1.29, 1.82) is 0 Å². The highest BCUT2D eigenvalue weighted by molar-refractivity contribution is 8.22. The van der Waals surface area contributed by atoms with Crippen LogP contribution in [0.15, 0.2) is 34.6 Å². The first-order valence-electron chi connectivity index (χ1n) is 5.75. The molecule has 4 heteroatoms. The van der Waals surface area contributed by atoms with Crippen LogP contribution in [0.5, 0.6) is 0 Å². The summed E-state index contributed by atoms with van der Waals surface area (Å²) in [6.45, 7) is 4.23. The molecule has 0 bridgehead atoms. The van der Waals surface area contributed by atoms with Crippen molar-refractivity contribution in [2.75, 3.05) is 0 Å². The molecule has 1 aromatic carbocycles. The van der Waals surface area contributed by atoms with E-state index >= 15 is 0 Å². The lowest BCUT2D eigenvalue weighted by molar-refractivity contribution is -0.115. The minimum absolute atomic E-state index is 0.0220. The molecule has 1 aromatic rings. The number of benzene rings is 1. The highest BCUT2D eigenvalue weighted by atomic mass is 35.5. The Morgan fingerprint density at radius 3 is 2.61 bits per heavy atom. The van der Waals surface area contributed by atoms with Crippen LogP contribution in [0.3, 0.4) is 0 Å². The summed E-state index contributed by atoms with van der Waals surface area (Å²) in [6.07, 6.45) is 2.40. The standard InChI is InChI=1S/C14H15ClOS2/c1-14(2)8-12(16)7-13(18-14)17-9-10-3-5-11(15)6-4-10/h3-7H,8-9H2,1-2H3. The van der Waals surface area contributed by atoms with Gasteiger partial charge in [0.05, 0.1) is 0 Å². The third-order valence-electron chi connectivity index (χ3n) is 2.55. The van der Waals surface area contributed by atoms with Crippen molar-refractivity contribution in [2.45, 2.75) is 30.8 Å². The Morgan fingerprint density at radius 1 is 1.33 bits per heavy atom. The van der Waals surface area contributed by atoms with Gasteiger partial charge in [-0.3, -0.25) is 4.79 Å². The van der Waals surface area contributed by atoms with Crippen molar-refractivity contribution in [1.82, 2.24) is 0 Å². The number of hydrogen-bond acceptors (Lipinski definition) is 3. The lowest BCUT2D eigenvalue weighted by atomic mass is 10.1. The minimum Gasteiger partial charge on any atom is -0.295 e. The molecule has 0 amide bonds. The molecule has 0 saturated carbocycles. The van der Waals surface area contributed by atoms with Gasteiger partial charge in [-0.1, -0.05) is 23.7 Å². The number of carbonyl (C=O) groups is 1. The van der Waals surface area contributed by atoms with Crippen LogP contribution in [-0.4, -0.2) is 10.5 Å². The molecule has 0 aliphatic carbocycles. The zero-order valence-corrected chi connectivity index (χ0v) is 12.8. The summed E-state index contributed by atoms with van der Waals surface area (Å²) in [6, 6.07) is 7.84. The van der Waals surface area contributed by atoms with E-state index in [9.17, 15) is 4.79 Å². The SMILES string of the molecule is CC1(C)CC(=O)C=C(SCc2ccc(Cl)cc2)S1. The summed E-state index contributed by atoms with van der Waals surface area (Å²) in [7, 11) is 0. The Morgan fingerprint density at radius 2 is 2.00 bits per heavy atom. The van der Waals surface area contributed by atoms with Gasteiger partial charge in [-0.05, 0) is 31.5 Å². The summed E-state index contributed by atoms with van der Waals surface area (Å²) in [5.41, 5.74) is 1.22. The molecule has 1 nitrogen and oxygen atoms in total. The summed E-state index contributed by atoms with van der Waals surface area (Å²) >= 11 is 9.36. The number of thioether (sulfide) groups is 2. The van der Waals surface area contributed by atoms with Crippen LogP contribution in [-0.2, 0) is 10.5 Å². The number of halogens is 1. The van der Waals surface area contributed by atoms with Crippen LogP contribution in [0.2, 0.25) is 5.02 Å². The van der Waals surface area contributed by atoms with E-state index in [0.717, 1.165) is 15.0 Å². The Labute approximate surface area is 121 Å². The van der Waals surface area contributed by atoms with Crippen LogP contribution in [0.4, 0.5) is 0 Å². The van der Waals surface area contributed by atoms with Gasteiger partial charge in [0, 0.05) is 32.3 Å². The quantitative estimate of drug-likeness (QED) is 0.790. The molecule has 0 radical (unpaired) electrons. The van der Waals surface area contributed by atoms with Crippen molar-refractivity contribution in [2.24, 2.45) is 0 Å². The fraction of sp³-hybridized carbons (Fsp3) is 0.357. The molecule has 0 N–H and O–H groups in total. The molecule has 1 aliphatic rings. The van der Waals surface area contributed by atoms with E-state index < -0.39 is 0 Å². The van der Waals surface area contributed by atoms with Gasteiger partial charge in [-0.25, -0.2) is 0 Å². The van der Waals surface area contributed by atoms with E-state index in [0.29, 0.717) is 6.42 Å². The highest BCUT2D eigenvalue weighted by Crippen LogP contribution is 2.44. The summed E-state index contributed by atoms with van der Waals surface area (Å²) in [5.74, 6) is 1.11. The molecule has 96 valence electrons. The van der Waals surface area contributed by atoms with Gasteiger partial charge in [0.2, 0.25) is 0 Å². The molecule has 0 unspecified atom stereocenters. The maximum atomic E-state index is 11.6. The van der Waals surface area contributed by atoms with E-state index in [4.69, 9.17) is 11.6 Å². The first kappa shape index (κ1) is 14.0. The summed E-state index contributed by atoms with van der Waals surface area (Å²) in [4.78, 5) is 11.6. The molecule has 1 aliphatic heterocycles. The first-order valence-corrected chi connectivity index (χ1v) is 7.93. The maximum Gasteiger partial charge on any atom is 0.158 e. The Hall–Kier alpha value is -0.380. The Kier molecular flexibility index (Phi) is 4.46. The second-order valence-corrected chi connectivity index (χ2v) is 8.34. The van der Waals surface area contributed by atoms with Gasteiger partial charge >= 0.3 is 0 Å². The number of carbonyl (C=O) groups excluding carboxylic acids is 1. The zero-order chi connectivity index (χ0) is 13.2. The molecular weight excluding hydrogens is 284 g/mol. The van der Waals surface area contributed by atoms with E-state index in [1.807, 2.05) is 24.3 Å². The number of allylic oxidation sites excluding steroid dienone is 1. The molecular formula is C14H15ClOS2. The number of ketones is 1. The molecule has 0 aromatic heterocycles. The van der Waals surface area contributed by atoms with Gasteiger partial charge in [-0.15, -0.1) is 23.5 Å². The average molecular weight is 299 g/mol. The third-order valence-corrected chi connectivity index (χ3v) is 5.30. The van der Waals surface area contributed by atoms with Crippen molar-refractivity contribution >= 4 is 40.9 Å². The molecule has 0 saturated heterocycles. The normalized spacial score (nSPS) is 18.6. The van der Waals surface area contributed by atoms with Gasteiger partial charge in [0.25, 0.3) is 0 Å². The highest BCUT2D eigenvalue weighted by Gasteiger charge is 2.28. The van der Waals surface area contributed by atoms with Gasteiger partial charge in [0.15, 0.2) is 5.78 Å². The Bertz CT molecular complexity index is 477. The fourth-order valence-electron chi connectivity index (χ4n) is 1.75. The Balaban J connectivity index is 1.98. The lowest BCUT2D eigenvalue weighted by Crippen LogP contribution is -2.22. The van der Waals surface area contributed by atoms with E-state index in [1.54, 1.807) is 29.6 Å². The van der Waals surface area contributed by atoms with Crippen LogP contribution >= 0.6 is 35.1 Å². The van der Waals surface area contributed by atoms with Crippen molar-refractivity contribution in [3.05, 3.63) is 45.2 Å². The van der Waals surface area contributed by atoms with E-state index in [-0.39, 0.29) is 10.5 Å². The second kappa shape index (κ2) is 5.72. The molecule has 1 heterocycles.